The number of nitrogens with one attached hydrogen (secondary N) is 2. The van der Waals surface area contributed by atoms with Crippen molar-refractivity contribution in [2.24, 2.45) is 5.92 Å². The molecule has 1 aromatic carbocycles. The first-order valence-electron chi connectivity index (χ1n) is 7.81. The number of amides is 1. The molecule has 118 valence electrons. The number of ether oxygens (including phenoxy) is 1. The highest BCUT2D eigenvalue weighted by Gasteiger charge is 2.00. The molecule has 0 radical (unpaired) electrons. The first-order chi connectivity index (χ1) is 10.1. The van der Waals surface area contributed by atoms with E-state index in [2.05, 4.69) is 24.5 Å². The van der Waals surface area contributed by atoms with Gasteiger partial charge in [0.15, 0.2) is 0 Å². The number of hydrogen-bond acceptors (Lipinski definition) is 3. The monoisotopic (exact) mass is 292 g/mol. The third-order valence-corrected chi connectivity index (χ3v) is 3.07. The van der Waals surface area contributed by atoms with Gasteiger partial charge in [0, 0.05) is 13.1 Å². The zero-order chi connectivity index (χ0) is 15.5. The van der Waals surface area contributed by atoms with Gasteiger partial charge < -0.3 is 15.4 Å². The quantitative estimate of drug-likeness (QED) is 0.697. The predicted molar refractivity (Wildman–Crippen MR) is 86.4 cm³/mol. The van der Waals surface area contributed by atoms with E-state index in [9.17, 15) is 4.79 Å². The Morgan fingerprint density at radius 2 is 1.95 bits per heavy atom. The van der Waals surface area contributed by atoms with Gasteiger partial charge in [-0.1, -0.05) is 32.9 Å². The van der Waals surface area contributed by atoms with Crippen molar-refractivity contribution in [3.8, 4) is 5.75 Å². The summed E-state index contributed by atoms with van der Waals surface area (Å²) < 4.78 is 5.67. The first kappa shape index (κ1) is 17.5. The van der Waals surface area contributed by atoms with Crippen molar-refractivity contribution in [2.75, 3.05) is 19.7 Å². The molecule has 1 aromatic rings. The van der Waals surface area contributed by atoms with Crippen molar-refractivity contribution in [3.05, 3.63) is 29.8 Å². The Morgan fingerprint density at radius 1 is 1.24 bits per heavy atom. The summed E-state index contributed by atoms with van der Waals surface area (Å²) in [5.41, 5.74) is 1.15. The summed E-state index contributed by atoms with van der Waals surface area (Å²) >= 11 is 0. The zero-order valence-corrected chi connectivity index (χ0v) is 13.4. The molecule has 21 heavy (non-hydrogen) atoms. The fourth-order valence-corrected chi connectivity index (χ4v) is 1.76. The van der Waals surface area contributed by atoms with Crippen LogP contribution in [-0.2, 0) is 11.3 Å². The SMILES string of the molecule is CCCNC(=O)CNCc1ccc(OCCC(C)C)cc1. The molecule has 4 heteroatoms. The third kappa shape index (κ3) is 8.35. The largest absolute Gasteiger partial charge is 0.494 e. The molecule has 0 aliphatic heterocycles. The highest BCUT2D eigenvalue weighted by molar-refractivity contribution is 5.77. The van der Waals surface area contributed by atoms with Crippen LogP contribution in [0.2, 0.25) is 0 Å². The molecular weight excluding hydrogens is 264 g/mol. The fourth-order valence-electron chi connectivity index (χ4n) is 1.76. The summed E-state index contributed by atoms with van der Waals surface area (Å²) in [4.78, 5) is 11.4. The Hall–Kier alpha value is -1.55. The van der Waals surface area contributed by atoms with Gasteiger partial charge >= 0.3 is 0 Å². The summed E-state index contributed by atoms with van der Waals surface area (Å²) in [6.07, 6.45) is 2.03. The molecule has 1 amide bonds. The molecule has 0 heterocycles. The van der Waals surface area contributed by atoms with Crippen molar-refractivity contribution in [1.29, 1.82) is 0 Å². The van der Waals surface area contributed by atoms with Gasteiger partial charge in [0.1, 0.15) is 5.75 Å². The van der Waals surface area contributed by atoms with E-state index < -0.39 is 0 Å². The number of hydrogen-bond donors (Lipinski definition) is 2. The van der Waals surface area contributed by atoms with E-state index in [0.29, 0.717) is 19.0 Å². The molecule has 0 atom stereocenters. The van der Waals surface area contributed by atoms with Crippen LogP contribution in [0.15, 0.2) is 24.3 Å². The van der Waals surface area contributed by atoms with Gasteiger partial charge in [0.2, 0.25) is 5.91 Å². The lowest BCUT2D eigenvalue weighted by Gasteiger charge is -2.09. The molecule has 0 aliphatic carbocycles. The summed E-state index contributed by atoms with van der Waals surface area (Å²) in [7, 11) is 0. The molecule has 0 fully saturated rings. The van der Waals surface area contributed by atoms with E-state index in [0.717, 1.165) is 37.3 Å². The Bertz CT molecular complexity index is 402. The van der Waals surface area contributed by atoms with Gasteiger partial charge in [-0.25, -0.2) is 0 Å². The Morgan fingerprint density at radius 3 is 2.57 bits per heavy atom. The van der Waals surface area contributed by atoms with Gasteiger partial charge in [0.05, 0.1) is 13.2 Å². The lowest BCUT2D eigenvalue weighted by molar-refractivity contribution is -0.120. The number of rotatable bonds is 10. The standard InChI is InChI=1S/C17H28N2O2/c1-4-10-19-17(20)13-18-12-15-5-7-16(8-6-15)21-11-9-14(2)3/h5-8,14,18H,4,9-13H2,1-3H3,(H,19,20). The minimum Gasteiger partial charge on any atom is -0.494 e. The lowest BCUT2D eigenvalue weighted by Crippen LogP contribution is -2.33. The van der Waals surface area contributed by atoms with E-state index in [1.807, 2.05) is 31.2 Å². The van der Waals surface area contributed by atoms with Crippen LogP contribution in [0.4, 0.5) is 0 Å². The highest BCUT2D eigenvalue weighted by Crippen LogP contribution is 2.13. The second kappa shape index (κ2) is 10.2. The minimum absolute atomic E-state index is 0.0467. The summed E-state index contributed by atoms with van der Waals surface area (Å²) in [6, 6.07) is 8.02. The van der Waals surface area contributed by atoms with Crippen LogP contribution in [0.5, 0.6) is 5.75 Å². The van der Waals surface area contributed by atoms with E-state index in [4.69, 9.17) is 4.74 Å². The molecule has 4 nitrogen and oxygen atoms in total. The zero-order valence-electron chi connectivity index (χ0n) is 13.4. The Kier molecular flexibility index (Phi) is 8.51. The van der Waals surface area contributed by atoms with Gasteiger partial charge in [-0.2, -0.15) is 0 Å². The minimum atomic E-state index is 0.0467. The fraction of sp³-hybridized carbons (Fsp3) is 0.588. The van der Waals surface area contributed by atoms with Gasteiger partial charge in [0.25, 0.3) is 0 Å². The molecule has 0 bridgehead atoms. The molecule has 0 saturated heterocycles. The van der Waals surface area contributed by atoms with Crippen LogP contribution in [0.1, 0.15) is 39.2 Å². The van der Waals surface area contributed by atoms with Crippen LogP contribution in [0, 0.1) is 5.92 Å². The van der Waals surface area contributed by atoms with Gasteiger partial charge in [-0.15, -0.1) is 0 Å². The maximum absolute atomic E-state index is 11.4. The Labute approximate surface area is 128 Å². The predicted octanol–water partition coefficient (Wildman–Crippen LogP) is 2.73. The topological polar surface area (TPSA) is 50.4 Å². The molecule has 1 rings (SSSR count). The summed E-state index contributed by atoms with van der Waals surface area (Å²) in [5.74, 6) is 1.61. The second-order valence-corrected chi connectivity index (χ2v) is 5.63. The number of carbonyl (C=O) groups excluding carboxylic acids is 1. The number of carbonyl (C=O) groups is 1. The van der Waals surface area contributed by atoms with Crippen molar-refractivity contribution in [1.82, 2.24) is 10.6 Å². The van der Waals surface area contributed by atoms with Crippen LogP contribution >= 0.6 is 0 Å². The Balaban J connectivity index is 2.23. The van der Waals surface area contributed by atoms with Crippen molar-refractivity contribution < 1.29 is 9.53 Å². The third-order valence-electron chi connectivity index (χ3n) is 3.07. The van der Waals surface area contributed by atoms with E-state index >= 15 is 0 Å². The van der Waals surface area contributed by atoms with Gasteiger partial charge in [-0.05, 0) is 36.5 Å². The summed E-state index contributed by atoms with van der Waals surface area (Å²) in [6.45, 7) is 8.95. The van der Waals surface area contributed by atoms with E-state index in [1.54, 1.807) is 0 Å². The van der Waals surface area contributed by atoms with E-state index in [1.165, 1.54) is 0 Å². The lowest BCUT2D eigenvalue weighted by atomic mass is 10.1. The highest BCUT2D eigenvalue weighted by atomic mass is 16.5. The van der Waals surface area contributed by atoms with Crippen LogP contribution < -0.4 is 15.4 Å². The van der Waals surface area contributed by atoms with Crippen LogP contribution in [0.25, 0.3) is 0 Å². The van der Waals surface area contributed by atoms with Crippen LogP contribution in [-0.4, -0.2) is 25.6 Å². The normalized spacial score (nSPS) is 10.7. The van der Waals surface area contributed by atoms with Crippen LogP contribution in [0.3, 0.4) is 0 Å². The maximum Gasteiger partial charge on any atom is 0.233 e. The van der Waals surface area contributed by atoms with Crippen molar-refractivity contribution >= 4 is 5.91 Å². The van der Waals surface area contributed by atoms with Gasteiger partial charge in [-0.3, -0.25) is 4.79 Å². The molecule has 0 spiro atoms. The molecule has 0 unspecified atom stereocenters. The average molecular weight is 292 g/mol. The molecule has 0 aliphatic rings. The van der Waals surface area contributed by atoms with Crippen molar-refractivity contribution in [3.63, 3.8) is 0 Å². The molecule has 0 aromatic heterocycles. The number of benzene rings is 1. The molecule has 0 saturated carbocycles. The van der Waals surface area contributed by atoms with Crippen molar-refractivity contribution in [2.45, 2.75) is 40.2 Å². The molecular formula is C17H28N2O2. The smallest absolute Gasteiger partial charge is 0.233 e. The average Bonchev–Trinajstić information content (AvgIpc) is 2.46. The summed E-state index contributed by atoms with van der Waals surface area (Å²) in [5, 5.41) is 5.97. The second-order valence-electron chi connectivity index (χ2n) is 5.63. The first-order valence-corrected chi connectivity index (χ1v) is 7.81. The molecule has 2 N–H and O–H groups in total. The maximum atomic E-state index is 11.4. The van der Waals surface area contributed by atoms with E-state index in [-0.39, 0.29) is 5.91 Å².